The number of aliphatic hydroxyl groups is 1. The van der Waals surface area contributed by atoms with E-state index in [2.05, 4.69) is 19.2 Å². The van der Waals surface area contributed by atoms with E-state index in [1.54, 1.807) is 0 Å². The minimum absolute atomic E-state index is 0.0263. The molecule has 4 heteroatoms. The van der Waals surface area contributed by atoms with Crippen LogP contribution in [0.25, 0.3) is 0 Å². The van der Waals surface area contributed by atoms with Gasteiger partial charge in [0.15, 0.2) is 0 Å². The number of rotatable bonds is 8. The lowest BCUT2D eigenvalue weighted by Gasteiger charge is -2.26. The highest BCUT2D eigenvalue weighted by atomic mass is 16.5. The summed E-state index contributed by atoms with van der Waals surface area (Å²) in [6.07, 6.45) is 5.79. The van der Waals surface area contributed by atoms with Gasteiger partial charge in [-0.15, -0.1) is 0 Å². The fourth-order valence-corrected chi connectivity index (χ4v) is 2.59. The summed E-state index contributed by atoms with van der Waals surface area (Å²) >= 11 is 0. The van der Waals surface area contributed by atoms with Crippen LogP contribution in [-0.2, 0) is 9.53 Å². The van der Waals surface area contributed by atoms with Crippen molar-refractivity contribution in [3.05, 3.63) is 0 Å². The molecule has 2 unspecified atom stereocenters. The molecule has 0 aromatic carbocycles. The third-order valence-electron chi connectivity index (χ3n) is 3.89. The zero-order valence-corrected chi connectivity index (χ0v) is 12.5. The first kappa shape index (κ1) is 16.4. The van der Waals surface area contributed by atoms with Gasteiger partial charge in [0.25, 0.3) is 0 Å². The Morgan fingerprint density at radius 3 is 2.47 bits per heavy atom. The summed E-state index contributed by atoms with van der Waals surface area (Å²) in [6, 6.07) is 0.0266. The van der Waals surface area contributed by atoms with E-state index in [-0.39, 0.29) is 30.8 Å². The van der Waals surface area contributed by atoms with Gasteiger partial charge in [0.2, 0.25) is 5.91 Å². The minimum Gasteiger partial charge on any atom is -0.396 e. The molecule has 1 amide bonds. The number of aliphatic hydroxyl groups excluding tert-OH is 1. The number of carbonyl (C=O) groups is 1. The summed E-state index contributed by atoms with van der Waals surface area (Å²) in [5.74, 6) is 0.293. The second kappa shape index (κ2) is 8.54. The zero-order valence-electron chi connectivity index (χ0n) is 12.5. The Balaban J connectivity index is 2.46. The first-order valence-electron chi connectivity index (χ1n) is 7.65. The highest BCUT2D eigenvalue weighted by Gasteiger charge is 2.26. The molecule has 0 aromatic heterocycles. The molecule has 0 heterocycles. The average molecular weight is 271 g/mol. The van der Waals surface area contributed by atoms with E-state index >= 15 is 0 Å². The van der Waals surface area contributed by atoms with Crippen LogP contribution in [-0.4, -0.2) is 35.9 Å². The predicted octanol–water partition coefficient (Wildman–Crippen LogP) is 2.25. The lowest BCUT2D eigenvalue weighted by Crippen LogP contribution is -2.45. The van der Waals surface area contributed by atoms with Crippen LogP contribution in [0.5, 0.6) is 0 Å². The second-order valence-electron chi connectivity index (χ2n) is 5.81. The number of hydrogen-bond donors (Lipinski definition) is 2. The summed E-state index contributed by atoms with van der Waals surface area (Å²) in [4.78, 5) is 12.2. The quantitative estimate of drug-likeness (QED) is 0.712. The molecule has 0 radical (unpaired) electrons. The summed E-state index contributed by atoms with van der Waals surface area (Å²) < 4.78 is 5.91. The van der Waals surface area contributed by atoms with Gasteiger partial charge in [-0.3, -0.25) is 4.79 Å². The van der Waals surface area contributed by atoms with E-state index in [0.717, 1.165) is 12.8 Å². The molecule has 1 fully saturated rings. The van der Waals surface area contributed by atoms with Crippen molar-refractivity contribution >= 4 is 5.91 Å². The van der Waals surface area contributed by atoms with E-state index in [4.69, 9.17) is 9.84 Å². The molecule has 2 N–H and O–H groups in total. The van der Waals surface area contributed by atoms with Crippen molar-refractivity contribution in [2.24, 2.45) is 5.92 Å². The molecule has 1 aliphatic rings. The number of nitrogens with one attached hydrogen (secondary N) is 1. The molecule has 0 spiro atoms. The van der Waals surface area contributed by atoms with E-state index in [9.17, 15) is 4.79 Å². The molecule has 0 aromatic rings. The Hall–Kier alpha value is -0.610. The average Bonchev–Trinajstić information content (AvgIpc) is 2.87. The molecule has 1 rings (SSSR count). The standard InChI is InChI=1S/C15H29NO3/c1-4-14(19-12-7-5-6-8-12)15(18)16-13(9-10-17)11(2)3/h11-14,17H,4-10H2,1-3H3,(H,16,18). The molecule has 112 valence electrons. The van der Waals surface area contributed by atoms with Crippen LogP contribution in [0.4, 0.5) is 0 Å². The Morgan fingerprint density at radius 2 is 2.00 bits per heavy atom. The molecular formula is C15H29NO3. The smallest absolute Gasteiger partial charge is 0.249 e. The van der Waals surface area contributed by atoms with Crippen LogP contribution in [0.2, 0.25) is 0 Å². The lowest BCUT2D eigenvalue weighted by atomic mass is 10.0. The molecule has 2 atom stereocenters. The predicted molar refractivity (Wildman–Crippen MR) is 75.9 cm³/mol. The molecule has 0 saturated heterocycles. The van der Waals surface area contributed by atoms with Gasteiger partial charge in [0.05, 0.1) is 6.10 Å². The Labute approximate surface area is 116 Å². The van der Waals surface area contributed by atoms with E-state index in [0.29, 0.717) is 18.8 Å². The maximum Gasteiger partial charge on any atom is 0.249 e. The molecule has 1 aliphatic carbocycles. The van der Waals surface area contributed by atoms with Crippen LogP contribution >= 0.6 is 0 Å². The lowest BCUT2D eigenvalue weighted by molar-refractivity contribution is -0.138. The Morgan fingerprint density at radius 1 is 1.37 bits per heavy atom. The number of carbonyl (C=O) groups excluding carboxylic acids is 1. The summed E-state index contributed by atoms with van der Waals surface area (Å²) in [6.45, 7) is 6.19. The van der Waals surface area contributed by atoms with Crippen molar-refractivity contribution in [1.82, 2.24) is 5.32 Å². The molecule has 0 aliphatic heterocycles. The summed E-state index contributed by atoms with van der Waals surface area (Å²) in [7, 11) is 0. The van der Waals surface area contributed by atoms with Crippen LogP contribution in [0.15, 0.2) is 0 Å². The SMILES string of the molecule is CCC(OC1CCCC1)C(=O)NC(CCO)C(C)C. The zero-order chi connectivity index (χ0) is 14.3. The van der Waals surface area contributed by atoms with Crippen LogP contribution < -0.4 is 5.32 Å². The van der Waals surface area contributed by atoms with Gasteiger partial charge in [0.1, 0.15) is 6.10 Å². The summed E-state index contributed by atoms with van der Waals surface area (Å²) in [5.41, 5.74) is 0. The third kappa shape index (κ3) is 5.49. The van der Waals surface area contributed by atoms with Crippen molar-refractivity contribution in [3.63, 3.8) is 0 Å². The van der Waals surface area contributed by atoms with Gasteiger partial charge in [-0.2, -0.15) is 0 Å². The van der Waals surface area contributed by atoms with Crippen molar-refractivity contribution in [1.29, 1.82) is 0 Å². The van der Waals surface area contributed by atoms with Crippen molar-refractivity contribution < 1.29 is 14.6 Å². The number of amides is 1. The van der Waals surface area contributed by atoms with E-state index in [1.807, 2.05) is 6.92 Å². The molecular weight excluding hydrogens is 242 g/mol. The second-order valence-corrected chi connectivity index (χ2v) is 5.81. The first-order valence-corrected chi connectivity index (χ1v) is 7.65. The molecule has 0 bridgehead atoms. The maximum absolute atomic E-state index is 12.2. The highest BCUT2D eigenvalue weighted by molar-refractivity contribution is 5.81. The van der Waals surface area contributed by atoms with Crippen molar-refractivity contribution in [3.8, 4) is 0 Å². The van der Waals surface area contributed by atoms with Crippen LogP contribution in [0.1, 0.15) is 59.3 Å². The van der Waals surface area contributed by atoms with Gasteiger partial charge >= 0.3 is 0 Å². The fourth-order valence-electron chi connectivity index (χ4n) is 2.59. The Kier molecular flexibility index (Phi) is 7.39. The van der Waals surface area contributed by atoms with Crippen molar-refractivity contribution in [2.75, 3.05) is 6.61 Å². The van der Waals surface area contributed by atoms with Gasteiger partial charge in [-0.1, -0.05) is 33.6 Å². The van der Waals surface area contributed by atoms with Crippen molar-refractivity contribution in [2.45, 2.75) is 77.5 Å². The Bertz CT molecular complexity index is 262. The van der Waals surface area contributed by atoms with Crippen LogP contribution in [0, 0.1) is 5.92 Å². The molecule has 1 saturated carbocycles. The third-order valence-corrected chi connectivity index (χ3v) is 3.89. The molecule has 4 nitrogen and oxygen atoms in total. The highest BCUT2D eigenvalue weighted by Crippen LogP contribution is 2.23. The van der Waals surface area contributed by atoms with Crippen LogP contribution in [0.3, 0.4) is 0 Å². The maximum atomic E-state index is 12.2. The fraction of sp³-hybridized carbons (Fsp3) is 0.933. The minimum atomic E-state index is -0.344. The first-order chi connectivity index (χ1) is 9.08. The van der Waals surface area contributed by atoms with Gasteiger partial charge in [-0.25, -0.2) is 0 Å². The largest absolute Gasteiger partial charge is 0.396 e. The van der Waals surface area contributed by atoms with E-state index in [1.165, 1.54) is 12.8 Å². The number of hydrogen-bond acceptors (Lipinski definition) is 3. The van der Waals surface area contributed by atoms with Gasteiger partial charge in [0, 0.05) is 12.6 Å². The van der Waals surface area contributed by atoms with E-state index < -0.39 is 0 Å². The van der Waals surface area contributed by atoms with Gasteiger partial charge in [-0.05, 0) is 31.6 Å². The normalized spacial score (nSPS) is 19.6. The number of ether oxygens (including phenoxy) is 1. The topological polar surface area (TPSA) is 58.6 Å². The monoisotopic (exact) mass is 271 g/mol. The summed E-state index contributed by atoms with van der Waals surface area (Å²) in [5, 5.41) is 12.1. The molecule has 19 heavy (non-hydrogen) atoms. The van der Waals surface area contributed by atoms with Gasteiger partial charge < -0.3 is 15.2 Å².